The van der Waals surface area contributed by atoms with E-state index < -0.39 is 78.6 Å². The quantitative estimate of drug-likeness (QED) is 0.0931. The molecule has 0 aliphatic carbocycles. The van der Waals surface area contributed by atoms with Gasteiger partial charge in [-0.3, -0.25) is 24.0 Å². The molecule has 14 heteroatoms. The monoisotopic (exact) mass is 530 g/mol. The maximum atomic E-state index is 12.9. The van der Waals surface area contributed by atoms with Gasteiger partial charge in [-0.2, -0.15) is 0 Å². The zero-order chi connectivity index (χ0) is 28.7. The van der Waals surface area contributed by atoms with Crippen molar-refractivity contribution in [2.75, 3.05) is 13.1 Å². The molecule has 0 aromatic rings. The molecule has 0 heterocycles. The molecule has 0 radical (unpaired) electrons. The van der Waals surface area contributed by atoms with E-state index in [-0.39, 0.29) is 18.8 Å². The van der Waals surface area contributed by atoms with Crippen LogP contribution in [0.5, 0.6) is 0 Å². The Morgan fingerprint density at radius 2 is 1.43 bits per heavy atom. The van der Waals surface area contributed by atoms with Crippen LogP contribution in [0.2, 0.25) is 0 Å². The van der Waals surface area contributed by atoms with Gasteiger partial charge in [0.25, 0.3) is 0 Å². The number of carbonyl (C=O) groups excluding carboxylic acids is 4. The lowest BCUT2D eigenvalue weighted by atomic mass is 9.99. The third-order valence-corrected chi connectivity index (χ3v) is 5.32. The molecule has 0 aliphatic heterocycles. The van der Waals surface area contributed by atoms with E-state index in [1.807, 2.05) is 13.8 Å². The van der Waals surface area contributed by atoms with Gasteiger partial charge >= 0.3 is 11.9 Å². The summed E-state index contributed by atoms with van der Waals surface area (Å²) in [5.41, 5.74) is 11.0. The van der Waals surface area contributed by atoms with E-state index in [0.717, 1.165) is 0 Å². The number of carbonyl (C=O) groups is 6. The van der Waals surface area contributed by atoms with Crippen LogP contribution in [0.4, 0.5) is 0 Å². The highest BCUT2D eigenvalue weighted by molar-refractivity contribution is 5.95. The molecular weight excluding hydrogens is 488 g/mol. The van der Waals surface area contributed by atoms with Crippen molar-refractivity contribution in [3.63, 3.8) is 0 Å². The minimum absolute atomic E-state index is 0.0335. The number of nitrogens with two attached hydrogens (primary N) is 2. The summed E-state index contributed by atoms with van der Waals surface area (Å²) in [6.45, 7) is 6.86. The molecule has 4 amide bonds. The summed E-state index contributed by atoms with van der Waals surface area (Å²) in [4.78, 5) is 72.3. The predicted octanol–water partition coefficient (Wildman–Crippen LogP) is -1.73. The van der Waals surface area contributed by atoms with Crippen LogP contribution in [-0.2, 0) is 28.8 Å². The maximum absolute atomic E-state index is 12.9. The van der Waals surface area contributed by atoms with Gasteiger partial charge in [0.05, 0.1) is 19.0 Å². The summed E-state index contributed by atoms with van der Waals surface area (Å²) in [7, 11) is 0. The standard InChI is InChI=1S/C23H42N6O8/c1-12(2)9-16(28-20(33)14(25)10-18(31)32)21(34)29-19(13(3)4)22(35)26-11-17(30)27-15(23(36)37)7-5-6-8-24/h12-16,19H,5-11,24-25H2,1-4H3,(H,26,35)(H,27,30)(H,28,33)(H,29,34)(H,31,32)(H,36,37)/t14-,15-,16-,19-/m0/s1. The van der Waals surface area contributed by atoms with Crippen molar-refractivity contribution in [1.82, 2.24) is 21.3 Å². The fraction of sp³-hybridized carbons (Fsp3) is 0.739. The van der Waals surface area contributed by atoms with Gasteiger partial charge in [-0.05, 0) is 44.1 Å². The van der Waals surface area contributed by atoms with Crippen molar-refractivity contribution in [2.45, 2.75) is 84.0 Å². The van der Waals surface area contributed by atoms with Crippen LogP contribution in [-0.4, -0.2) is 83.0 Å². The van der Waals surface area contributed by atoms with Gasteiger partial charge in [-0.25, -0.2) is 4.79 Å². The molecule has 0 aromatic carbocycles. The molecule has 14 nitrogen and oxygen atoms in total. The number of nitrogens with one attached hydrogen (secondary N) is 4. The van der Waals surface area contributed by atoms with Gasteiger partial charge in [-0.1, -0.05) is 27.7 Å². The Morgan fingerprint density at radius 1 is 0.811 bits per heavy atom. The minimum Gasteiger partial charge on any atom is -0.481 e. The SMILES string of the molecule is CC(C)C[C@H](NC(=O)[C@@H](N)CC(=O)O)C(=O)N[C@H](C(=O)NCC(=O)N[C@@H](CCCCN)C(=O)O)C(C)C. The van der Waals surface area contributed by atoms with E-state index in [2.05, 4.69) is 21.3 Å². The Hall–Kier alpha value is -3.26. The van der Waals surface area contributed by atoms with Crippen molar-refractivity contribution in [3.05, 3.63) is 0 Å². The number of rotatable bonds is 18. The van der Waals surface area contributed by atoms with E-state index in [4.69, 9.17) is 16.6 Å². The molecule has 212 valence electrons. The molecule has 0 spiro atoms. The molecule has 37 heavy (non-hydrogen) atoms. The van der Waals surface area contributed by atoms with Crippen molar-refractivity contribution in [1.29, 1.82) is 0 Å². The minimum atomic E-state index is -1.35. The summed E-state index contributed by atoms with van der Waals surface area (Å²) in [6, 6.07) is -4.62. The molecule has 4 atom stereocenters. The smallest absolute Gasteiger partial charge is 0.326 e. The number of carboxylic acid groups (broad SMARTS) is 2. The zero-order valence-electron chi connectivity index (χ0n) is 21.9. The first-order chi connectivity index (χ1) is 17.2. The van der Waals surface area contributed by atoms with Gasteiger partial charge < -0.3 is 42.9 Å². The molecule has 10 N–H and O–H groups in total. The second kappa shape index (κ2) is 17.2. The molecule has 0 aromatic heterocycles. The third kappa shape index (κ3) is 14.2. The summed E-state index contributed by atoms with van der Waals surface area (Å²) < 4.78 is 0. The first-order valence-electron chi connectivity index (χ1n) is 12.3. The van der Waals surface area contributed by atoms with Gasteiger partial charge in [0.1, 0.15) is 18.1 Å². The number of carboxylic acids is 2. The lowest BCUT2D eigenvalue weighted by molar-refractivity contribution is -0.142. The second-order valence-corrected chi connectivity index (χ2v) is 9.59. The van der Waals surface area contributed by atoms with Crippen LogP contribution >= 0.6 is 0 Å². The van der Waals surface area contributed by atoms with Crippen LogP contribution in [0.3, 0.4) is 0 Å². The van der Waals surface area contributed by atoms with E-state index in [9.17, 15) is 33.9 Å². The summed E-state index contributed by atoms with van der Waals surface area (Å²) in [5, 5.41) is 27.8. The van der Waals surface area contributed by atoms with Crippen LogP contribution in [0.1, 0.15) is 59.8 Å². The van der Waals surface area contributed by atoms with E-state index in [0.29, 0.717) is 19.4 Å². The fourth-order valence-corrected chi connectivity index (χ4v) is 3.32. The van der Waals surface area contributed by atoms with Crippen molar-refractivity contribution in [2.24, 2.45) is 23.3 Å². The molecule has 0 fully saturated rings. The Balaban J connectivity index is 5.19. The average Bonchev–Trinajstić information content (AvgIpc) is 2.78. The molecule has 0 bridgehead atoms. The highest BCUT2D eigenvalue weighted by Crippen LogP contribution is 2.09. The molecule has 0 aliphatic rings. The normalized spacial score (nSPS) is 14.3. The van der Waals surface area contributed by atoms with Crippen molar-refractivity contribution in [3.8, 4) is 0 Å². The third-order valence-electron chi connectivity index (χ3n) is 5.32. The van der Waals surface area contributed by atoms with Gasteiger partial charge in [-0.15, -0.1) is 0 Å². The van der Waals surface area contributed by atoms with Crippen LogP contribution in [0, 0.1) is 11.8 Å². The Kier molecular flexibility index (Phi) is 15.7. The van der Waals surface area contributed by atoms with Crippen molar-refractivity contribution >= 4 is 35.6 Å². The first kappa shape index (κ1) is 33.7. The van der Waals surface area contributed by atoms with E-state index >= 15 is 0 Å². The first-order valence-corrected chi connectivity index (χ1v) is 12.3. The van der Waals surface area contributed by atoms with Gasteiger partial charge in [0, 0.05) is 0 Å². The second-order valence-electron chi connectivity index (χ2n) is 9.59. The maximum Gasteiger partial charge on any atom is 0.326 e. The molecular formula is C23H42N6O8. The predicted molar refractivity (Wildman–Crippen MR) is 134 cm³/mol. The number of hydrogen-bond acceptors (Lipinski definition) is 8. The highest BCUT2D eigenvalue weighted by atomic mass is 16.4. The number of unbranched alkanes of at least 4 members (excludes halogenated alkanes) is 1. The highest BCUT2D eigenvalue weighted by Gasteiger charge is 2.31. The average molecular weight is 531 g/mol. The fourth-order valence-electron chi connectivity index (χ4n) is 3.32. The number of amides is 4. The number of aliphatic carboxylic acids is 2. The topological polar surface area (TPSA) is 243 Å². The molecule has 0 unspecified atom stereocenters. The number of hydrogen-bond donors (Lipinski definition) is 8. The lowest BCUT2D eigenvalue weighted by Crippen LogP contribution is -2.58. The van der Waals surface area contributed by atoms with E-state index in [1.165, 1.54) is 0 Å². The van der Waals surface area contributed by atoms with Gasteiger partial charge in [0.2, 0.25) is 23.6 Å². The Labute approximate surface area is 216 Å². The molecule has 0 saturated carbocycles. The Morgan fingerprint density at radius 3 is 1.92 bits per heavy atom. The van der Waals surface area contributed by atoms with Crippen LogP contribution < -0.4 is 32.7 Å². The lowest BCUT2D eigenvalue weighted by Gasteiger charge is -2.26. The molecule has 0 saturated heterocycles. The van der Waals surface area contributed by atoms with Gasteiger partial charge in [0.15, 0.2) is 0 Å². The van der Waals surface area contributed by atoms with E-state index in [1.54, 1.807) is 13.8 Å². The summed E-state index contributed by atoms with van der Waals surface area (Å²) >= 11 is 0. The Bertz CT molecular complexity index is 804. The van der Waals surface area contributed by atoms with Crippen LogP contribution in [0.25, 0.3) is 0 Å². The summed E-state index contributed by atoms with van der Waals surface area (Å²) in [5.74, 6) is -5.78. The van der Waals surface area contributed by atoms with Crippen LogP contribution in [0.15, 0.2) is 0 Å². The molecule has 0 rings (SSSR count). The largest absolute Gasteiger partial charge is 0.481 e. The zero-order valence-corrected chi connectivity index (χ0v) is 21.9. The van der Waals surface area contributed by atoms with Crippen molar-refractivity contribution < 1.29 is 39.0 Å². The summed E-state index contributed by atoms with van der Waals surface area (Å²) in [6.07, 6.45) is 0.895.